The molecule has 1 aromatic heterocycles. The lowest BCUT2D eigenvalue weighted by atomic mass is 10.2. The predicted molar refractivity (Wildman–Crippen MR) is 93.9 cm³/mol. The molecule has 0 fully saturated rings. The first kappa shape index (κ1) is 14.3. The molecule has 3 rings (SSSR count). The summed E-state index contributed by atoms with van der Waals surface area (Å²) in [6.07, 6.45) is 1.65. The number of pyridine rings is 1. The fraction of sp³-hybridized carbons (Fsp3) is 0. The summed E-state index contributed by atoms with van der Waals surface area (Å²) in [5, 5.41) is 4.39. The van der Waals surface area contributed by atoms with Gasteiger partial charge in [0.25, 0.3) is 5.91 Å². The van der Waals surface area contributed by atoms with E-state index in [2.05, 4.69) is 32.9 Å². The topological polar surface area (TPSA) is 42.0 Å². The van der Waals surface area contributed by atoms with E-state index in [0.717, 1.165) is 14.5 Å². The Labute approximate surface area is 140 Å². The van der Waals surface area contributed by atoms with E-state index in [1.54, 1.807) is 18.3 Å². The van der Waals surface area contributed by atoms with Crippen LogP contribution < -0.4 is 5.32 Å². The molecule has 1 N–H and O–H groups in total. The molecule has 104 valence electrons. The van der Waals surface area contributed by atoms with Gasteiger partial charge in [-0.05, 0) is 52.9 Å². The molecule has 0 aliphatic carbocycles. The number of carbonyl (C=O) groups is 1. The largest absolute Gasteiger partial charge is 0.321 e. The molecule has 0 aliphatic rings. The summed E-state index contributed by atoms with van der Waals surface area (Å²) in [7, 11) is 0. The molecule has 3 nitrogen and oxygen atoms in total. The van der Waals surface area contributed by atoms with E-state index >= 15 is 0 Å². The number of aromatic nitrogens is 1. The van der Waals surface area contributed by atoms with Crippen LogP contribution in [0.3, 0.4) is 0 Å². The fourth-order valence-electron chi connectivity index (χ4n) is 1.98. The number of hydrogen-bond donors (Lipinski definition) is 1. The number of amides is 1. The van der Waals surface area contributed by atoms with Gasteiger partial charge in [-0.15, -0.1) is 0 Å². The average molecular weight is 409 g/mol. The van der Waals surface area contributed by atoms with Gasteiger partial charge in [0.1, 0.15) is 0 Å². The maximum Gasteiger partial charge on any atom is 0.255 e. The van der Waals surface area contributed by atoms with Crippen LogP contribution in [0.1, 0.15) is 10.4 Å². The first-order chi connectivity index (χ1) is 10.1. The third-order valence-electron chi connectivity index (χ3n) is 3.03. The van der Waals surface area contributed by atoms with Gasteiger partial charge in [-0.2, -0.15) is 0 Å². The highest BCUT2D eigenvalue weighted by Gasteiger charge is 2.09. The lowest BCUT2D eigenvalue weighted by molar-refractivity contribution is 0.102. The Morgan fingerprint density at radius 1 is 1.14 bits per heavy atom. The number of para-hydroxylation sites is 1. The molecule has 1 heterocycles. The monoisotopic (exact) mass is 408 g/mol. The highest BCUT2D eigenvalue weighted by Crippen LogP contribution is 2.21. The summed E-state index contributed by atoms with van der Waals surface area (Å²) in [5.41, 5.74) is 2.08. The number of rotatable bonds is 2. The zero-order chi connectivity index (χ0) is 14.8. The Bertz CT molecular complexity index is 835. The third kappa shape index (κ3) is 3.16. The number of nitrogens with zero attached hydrogens (tertiary/aromatic N) is 1. The van der Waals surface area contributed by atoms with E-state index in [9.17, 15) is 4.79 Å². The van der Waals surface area contributed by atoms with E-state index in [1.165, 1.54) is 0 Å². The molecule has 21 heavy (non-hydrogen) atoms. The molecule has 0 bridgehead atoms. The normalized spacial score (nSPS) is 10.6. The molecule has 0 radical (unpaired) electrons. The van der Waals surface area contributed by atoms with Gasteiger partial charge in [0, 0.05) is 14.5 Å². The maximum absolute atomic E-state index is 12.2. The van der Waals surface area contributed by atoms with Crippen molar-refractivity contribution in [3.63, 3.8) is 0 Å². The van der Waals surface area contributed by atoms with Gasteiger partial charge in [0.15, 0.2) is 0 Å². The van der Waals surface area contributed by atoms with Crippen LogP contribution in [-0.4, -0.2) is 10.9 Å². The Morgan fingerprint density at radius 2 is 1.95 bits per heavy atom. The van der Waals surface area contributed by atoms with Crippen LogP contribution in [0.5, 0.6) is 0 Å². The van der Waals surface area contributed by atoms with Crippen molar-refractivity contribution < 1.29 is 4.79 Å². The Hall–Kier alpha value is -1.66. The van der Waals surface area contributed by atoms with Gasteiger partial charge >= 0.3 is 0 Å². The predicted octanol–water partition coefficient (Wildman–Crippen LogP) is 4.75. The standard InChI is InChI=1S/C16H10ClIN2O/c17-13-8-11(5-6-14(13)18)16(21)20-12-7-10-3-1-2-4-15(10)19-9-12/h1-9H,(H,20,21). The van der Waals surface area contributed by atoms with Crippen LogP contribution in [0, 0.1) is 3.57 Å². The minimum Gasteiger partial charge on any atom is -0.321 e. The van der Waals surface area contributed by atoms with Gasteiger partial charge in [0.2, 0.25) is 0 Å². The number of anilines is 1. The van der Waals surface area contributed by atoms with Crippen molar-refractivity contribution in [2.45, 2.75) is 0 Å². The van der Waals surface area contributed by atoms with Crippen LogP contribution >= 0.6 is 34.2 Å². The van der Waals surface area contributed by atoms with E-state index in [4.69, 9.17) is 11.6 Å². The molecule has 0 atom stereocenters. The Kier molecular flexibility index (Phi) is 4.07. The van der Waals surface area contributed by atoms with E-state index in [0.29, 0.717) is 16.3 Å². The number of nitrogens with one attached hydrogen (secondary N) is 1. The smallest absolute Gasteiger partial charge is 0.255 e. The number of halogens is 2. The van der Waals surface area contributed by atoms with Crippen LogP contribution in [0.25, 0.3) is 10.9 Å². The molecule has 0 aliphatic heterocycles. The summed E-state index contributed by atoms with van der Waals surface area (Å²) < 4.78 is 0.915. The summed E-state index contributed by atoms with van der Waals surface area (Å²) >= 11 is 8.16. The minimum atomic E-state index is -0.203. The first-order valence-corrected chi connectivity index (χ1v) is 7.70. The van der Waals surface area contributed by atoms with Crippen molar-refractivity contribution in [3.05, 3.63) is 68.9 Å². The molecule has 2 aromatic carbocycles. The zero-order valence-corrected chi connectivity index (χ0v) is 13.7. The second-order valence-electron chi connectivity index (χ2n) is 4.50. The molecular formula is C16H10ClIN2O. The van der Waals surface area contributed by atoms with Crippen LogP contribution in [-0.2, 0) is 0 Å². The molecule has 0 saturated carbocycles. The van der Waals surface area contributed by atoms with Crippen molar-refractivity contribution in [1.82, 2.24) is 4.98 Å². The van der Waals surface area contributed by atoms with Crippen molar-refractivity contribution in [2.24, 2.45) is 0 Å². The van der Waals surface area contributed by atoms with Gasteiger partial charge in [-0.1, -0.05) is 29.8 Å². The highest BCUT2D eigenvalue weighted by molar-refractivity contribution is 14.1. The molecule has 3 aromatic rings. The van der Waals surface area contributed by atoms with Gasteiger partial charge < -0.3 is 5.32 Å². The van der Waals surface area contributed by atoms with Crippen LogP contribution in [0.2, 0.25) is 5.02 Å². The highest BCUT2D eigenvalue weighted by atomic mass is 127. The van der Waals surface area contributed by atoms with Crippen molar-refractivity contribution >= 4 is 56.7 Å². The lowest BCUT2D eigenvalue weighted by Crippen LogP contribution is -2.12. The molecule has 0 saturated heterocycles. The first-order valence-electron chi connectivity index (χ1n) is 6.25. The number of carbonyl (C=O) groups excluding carboxylic acids is 1. The number of benzene rings is 2. The van der Waals surface area contributed by atoms with Crippen molar-refractivity contribution in [2.75, 3.05) is 5.32 Å². The molecular weight excluding hydrogens is 399 g/mol. The molecule has 0 unspecified atom stereocenters. The third-order valence-corrected chi connectivity index (χ3v) is 4.60. The van der Waals surface area contributed by atoms with Gasteiger partial charge in [-0.3, -0.25) is 9.78 Å². The number of hydrogen-bond acceptors (Lipinski definition) is 2. The van der Waals surface area contributed by atoms with Gasteiger partial charge in [-0.25, -0.2) is 0 Å². The summed E-state index contributed by atoms with van der Waals surface area (Å²) in [4.78, 5) is 16.5. The van der Waals surface area contributed by atoms with Crippen molar-refractivity contribution in [1.29, 1.82) is 0 Å². The molecule has 1 amide bonds. The Morgan fingerprint density at radius 3 is 2.76 bits per heavy atom. The minimum absolute atomic E-state index is 0.203. The second-order valence-corrected chi connectivity index (χ2v) is 6.07. The lowest BCUT2D eigenvalue weighted by Gasteiger charge is -2.07. The van der Waals surface area contributed by atoms with E-state index < -0.39 is 0 Å². The summed E-state index contributed by atoms with van der Waals surface area (Å²) in [6.45, 7) is 0. The van der Waals surface area contributed by atoms with Gasteiger partial charge in [0.05, 0.1) is 22.4 Å². The zero-order valence-electron chi connectivity index (χ0n) is 10.8. The van der Waals surface area contributed by atoms with E-state index in [-0.39, 0.29) is 5.91 Å². The average Bonchev–Trinajstić information content (AvgIpc) is 2.50. The SMILES string of the molecule is O=C(Nc1cnc2ccccc2c1)c1ccc(I)c(Cl)c1. The Balaban J connectivity index is 1.87. The summed E-state index contributed by atoms with van der Waals surface area (Å²) in [5.74, 6) is -0.203. The quantitative estimate of drug-likeness (QED) is 0.622. The van der Waals surface area contributed by atoms with Crippen molar-refractivity contribution in [3.8, 4) is 0 Å². The molecule has 5 heteroatoms. The number of fused-ring (bicyclic) bond motifs is 1. The second kappa shape index (κ2) is 5.99. The van der Waals surface area contributed by atoms with E-state index in [1.807, 2.05) is 36.4 Å². The maximum atomic E-state index is 12.2. The van der Waals surface area contributed by atoms with Crippen LogP contribution in [0.15, 0.2) is 54.7 Å². The molecule has 0 spiro atoms. The van der Waals surface area contributed by atoms with Crippen LogP contribution in [0.4, 0.5) is 5.69 Å². The fourth-order valence-corrected chi connectivity index (χ4v) is 2.50. The summed E-state index contributed by atoms with van der Waals surface area (Å²) in [6, 6.07) is 14.9.